The minimum atomic E-state index is 0.308. The highest BCUT2D eigenvalue weighted by atomic mass is 16.3. The maximum absolute atomic E-state index is 6.00. The fourth-order valence-electron chi connectivity index (χ4n) is 3.43. The van der Waals surface area contributed by atoms with Crippen LogP contribution < -0.4 is 0 Å². The number of fused-ring (bicyclic) bond motifs is 3. The van der Waals surface area contributed by atoms with Gasteiger partial charge < -0.3 is 4.42 Å². The summed E-state index contributed by atoms with van der Waals surface area (Å²) in [5, 5.41) is 2.39. The Morgan fingerprint density at radius 3 is 2.21 bits per heavy atom. The number of benzene rings is 3. The lowest BCUT2D eigenvalue weighted by molar-refractivity contribution is 0.411. The summed E-state index contributed by atoms with van der Waals surface area (Å²) in [4.78, 5) is 0. The van der Waals surface area contributed by atoms with Gasteiger partial charge in [0.2, 0.25) is 0 Å². The smallest absolute Gasteiger partial charge is 0.136 e. The third-order valence-electron chi connectivity index (χ3n) is 4.40. The third kappa shape index (κ3) is 2.71. The largest absolute Gasteiger partial charge is 0.456 e. The molecule has 1 heterocycles. The van der Waals surface area contributed by atoms with Crippen LogP contribution in [-0.4, -0.2) is 0 Å². The molecule has 0 N–H and O–H groups in total. The highest BCUT2D eigenvalue weighted by Crippen LogP contribution is 2.36. The summed E-state index contributed by atoms with van der Waals surface area (Å²) in [5.41, 5.74) is 6.07. The molecule has 0 bridgehead atoms. The van der Waals surface area contributed by atoms with Gasteiger partial charge in [-0.2, -0.15) is 0 Å². The molecule has 1 nitrogen and oxygen atoms in total. The van der Waals surface area contributed by atoms with Crippen molar-refractivity contribution in [2.24, 2.45) is 5.41 Å². The lowest BCUT2D eigenvalue weighted by Crippen LogP contribution is -2.08. The van der Waals surface area contributed by atoms with Crippen LogP contribution in [0.4, 0.5) is 0 Å². The Morgan fingerprint density at radius 2 is 1.46 bits per heavy atom. The molecule has 0 saturated carbocycles. The van der Waals surface area contributed by atoms with Crippen molar-refractivity contribution in [3.63, 3.8) is 0 Å². The molecule has 0 aliphatic heterocycles. The summed E-state index contributed by atoms with van der Waals surface area (Å²) in [6.45, 7) is 6.83. The van der Waals surface area contributed by atoms with E-state index >= 15 is 0 Å². The minimum Gasteiger partial charge on any atom is -0.456 e. The van der Waals surface area contributed by atoms with Crippen LogP contribution in [0, 0.1) is 5.41 Å². The van der Waals surface area contributed by atoms with Crippen LogP contribution in [0.25, 0.3) is 33.1 Å². The maximum Gasteiger partial charge on any atom is 0.136 e. The van der Waals surface area contributed by atoms with Crippen LogP contribution in [-0.2, 0) is 6.42 Å². The Labute approximate surface area is 142 Å². The Hall–Kier alpha value is -2.54. The zero-order valence-corrected chi connectivity index (χ0v) is 14.5. The van der Waals surface area contributed by atoms with E-state index in [-0.39, 0.29) is 0 Å². The number of hydrogen-bond donors (Lipinski definition) is 0. The Kier molecular flexibility index (Phi) is 3.45. The molecular weight excluding hydrogens is 292 g/mol. The molecule has 4 rings (SSSR count). The lowest BCUT2D eigenvalue weighted by atomic mass is 9.87. The summed E-state index contributed by atoms with van der Waals surface area (Å²) in [5.74, 6) is 0. The van der Waals surface area contributed by atoms with E-state index in [0.29, 0.717) is 5.41 Å². The van der Waals surface area contributed by atoms with E-state index in [2.05, 4.69) is 69.3 Å². The SMILES string of the molecule is CC(C)(C)Cc1ccc(-c2cccc3oc4ccccc4c23)cc1. The first-order valence-electron chi connectivity index (χ1n) is 8.51. The van der Waals surface area contributed by atoms with Gasteiger partial charge in [-0.3, -0.25) is 0 Å². The van der Waals surface area contributed by atoms with E-state index in [1.165, 1.54) is 27.5 Å². The van der Waals surface area contributed by atoms with Gasteiger partial charge in [0, 0.05) is 10.8 Å². The first-order chi connectivity index (χ1) is 11.5. The number of rotatable bonds is 2. The van der Waals surface area contributed by atoms with Gasteiger partial charge in [-0.15, -0.1) is 0 Å². The molecule has 0 spiro atoms. The van der Waals surface area contributed by atoms with Gasteiger partial charge in [-0.1, -0.05) is 75.4 Å². The molecule has 0 aliphatic carbocycles. The number of para-hydroxylation sites is 1. The molecule has 0 saturated heterocycles. The van der Waals surface area contributed by atoms with Gasteiger partial charge in [-0.25, -0.2) is 0 Å². The van der Waals surface area contributed by atoms with Gasteiger partial charge in [-0.05, 0) is 40.7 Å². The van der Waals surface area contributed by atoms with E-state index < -0.39 is 0 Å². The monoisotopic (exact) mass is 314 g/mol. The van der Waals surface area contributed by atoms with Crippen molar-refractivity contribution >= 4 is 21.9 Å². The first-order valence-corrected chi connectivity index (χ1v) is 8.51. The van der Waals surface area contributed by atoms with Crippen LogP contribution in [0.5, 0.6) is 0 Å². The molecule has 4 aromatic rings. The second kappa shape index (κ2) is 5.52. The van der Waals surface area contributed by atoms with Gasteiger partial charge in [0.25, 0.3) is 0 Å². The van der Waals surface area contributed by atoms with E-state index in [1.807, 2.05) is 18.2 Å². The van der Waals surface area contributed by atoms with Crippen LogP contribution >= 0.6 is 0 Å². The third-order valence-corrected chi connectivity index (χ3v) is 4.40. The van der Waals surface area contributed by atoms with E-state index in [4.69, 9.17) is 4.42 Å². The molecule has 1 heteroatoms. The number of hydrogen-bond acceptors (Lipinski definition) is 1. The molecule has 0 unspecified atom stereocenters. The fourth-order valence-corrected chi connectivity index (χ4v) is 3.43. The molecule has 1 aromatic heterocycles. The molecule has 120 valence electrons. The van der Waals surface area contributed by atoms with Crippen LogP contribution in [0.2, 0.25) is 0 Å². The normalized spacial score (nSPS) is 12.1. The second-order valence-electron chi connectivity index (χ2n) is 7.71. The van der Waals surface area contributed by atoms with Gasteiger partial charge >= 0.3 is 0 Å². The van der Waals surface area contributed by atoms with Gasteiger partial charge in [0.05, 0.1) is 0 Å². The molecule has 0 amide bonds. The topological polar surface area (TPSA) is 13.1 Å². The van der Waals surface area contributed by atoms with Gasteiger partial charge in [0.1, 0.15) is 11.2 Å². The maximum atomic E-state index is 6.00. The standard InChI is InChI=1S/C23H22O/c1-23(2,3)15-16-11-13-17(14-12-16)18-8-6-10-21-22(18)19-7-4-5-9-20(19)24-21/h4-14H,15H2,1-3H3. The van der Waals surface area contributed by atoms with Crippen molar-refractivity contribution in [1.82, 2.24) is 0 Å². The van der Waals surface area contributed by atoms with Crippen molar-refractivity contribution in [2.45, 2.75) is 27.2 Å². The molecule has 0 radical (unpaired) electrons. The van der Waals surface area contributed by atoms with E-state index in [0.717, 1.165) is 17.6 Å². The summed E-state index contributed by atoms with van der Waals surface area (Å²) in [7, 11) is 0. The fraction of sp³-hybridized carbons (Fsp3) is 0.217. The molecule has 3 aromatic carbocycles. The second-order valence-corrected chi connectivity index (χ2v) is 7.71. The molecule has 0 fully saturated rings. The van der Waals surface area contributed by atoms with Crippen LogP contribution in [0.3, 0.4) is 0 Å². The van der Waals surface area contributed by atoms with Gasteiger partial charge in [0.15, 0.2) is 0 Å². The first kappa shape index (κ1) is 15.0. The van der Waals surface area contributed by atoms with Crippen molar-refractivity contribution in [3.8, 4) is 11.1 Å². The van der Waals surface area contributed by atoms with Crippen molar-refractivity contribution in [3.05, 3.63) is 72.3 Å². The summed E-state index contributed by atoms with van der Waals surface area (Å²) >= 11 is 0. The Balaban J connectivity index is 1.84. The lowest BCUT2D eigenvalue weighted by Gasteiger charge is -2.18. The highest BCUT2D eigenvalue weighted by Gasteiger charge is 2.13. The Bertz CT molecular complexity index is 998. The summed E-state index contributed by atoms with van der Waals surface area (Å²) in [6, 6.07) is 23.5. The average molecular weight is 314 g/mol. The van der Waals surface area contributed by atoms with Crippen molar-refractivity contribution in [1.29, 1.82) is 0 Å². The van der Waals surface area contributed by atoms with Crippen molar-refractivity contribution < 1.29 is 4.42 Å². The quantitative estimate of drug-likeness (QED) is 0.394. The molecule has 0 atom stereocenters. The van der Waals surface area contributed by atoms with Crippen molar-refractivity contribution in [2.75, 3.05) is 0 Å². The zero-order valence-electron chi connectivity index (χ0n) is 14.5. The minimum absolute atomic E-state index is 0.308. The predicted octanol–water partition coefficient (Wildman–Crippen LogP) is 6.84. The van der Waals surface area contributed by atoms with Crippen LogP contribution in [0.15, 0.2) is 71.1 Å². The summed E-state index contributed by atoms with van der Waals surface area (Å²) < 4.78 is 6.00. The number of furan rings is 1. The summed E-state index contributed by atoms with van der Waals surface area (Å²) in [6.07, 6.45) is 1.09. The van der Waals surface area contributed by atoms with E-state index in [9.17, 15) is 0 Å². The molecule has 0 aliphatic rings. The zero-order chi connectivity index (χ0) is 16.7. The molecule has 24 heavy (non-hydrogen) atoms. The predicted molar refractivity (Wildman–Crippen MR) is 102 cm³/mol. The Morgan fingerprint density at radius 1 is 0.750 bits per heavy atom. The van der Waals surface area contributed by atoms with E-state index in [1.54, 1.807) is 0 Å². The highest BCUT2D eigenvalue weighted by molar-refractivity contribution is 6.12. The molecular formula is C23H22O. The average Bonchev–Trinajstić information content (AvgIpc) is 2.93. The van der Waals surface area contributed by atoms with Crippen LogP contribution in [0.1, 0.15) is 26.3 Å².